The normalized spacial score (nSPS) is 18.2. The van der Waals surface area contributed by atoms with E-state index in [9.17, 15) is 9.90 Å². The summed E-state index contributed by atoms with van der Waals surface area (Å²) in [6, 6.07) is 4.24. The molecule has 0 fully saturated rings. The number of carbonyl (C=O) groups is 1. The zero-order valence-corrected chi connectivity index (χ0v) is 14.9. The summed E-state index contributed by atoms with van der Waals surface area (Å²) in [5.74, 6) is 1.25. The lowest BCUT2D eigenvalue weighted by Gasteiger charge is -2.33. The number of fused-ring (bicyclic) bond motifs is 1. The number of hydrogen-bond acceptors (Lipinski definition) is 5. The van der Waals surface area contributed by atoms with Crippen LogP contribution < -0.4 is 14.8 Å². The van der Waals surface area contributed by atoms with Crippen molar-refractivity contribution >= 4 is 6.41 Å². The topological polar surface area (TPSA) is 71.0 Å². The number of ether oxygens (including phenoxy) is 2. The van der Waals surface area contributed by atoms with Gasteiger partial charge < -0.3 is 24.8 Å². The summed E-state index contributed by atoms with van der Waals surface area (Å²) in [5, 5.41) is 13.2. The average molecular weight is 336 g/mol. The van der Waals surface area contributed by atoms with E-state index in [4.69, 9.17) is 9.47 Å². The molecule has 0 saturated carbocycles. The SMILES string of the molecule is COc1cc2c(cc1OCC(O)CNC(C)C)CCN(C=O)C2C. The molecular weight excluding hydrogens is 308 g/mol. The lowest BCUT2D eigenvalue weighted by atomic mass is 9.93. The van der Waals surface area contributed by atoms with E-state index in [0.29, 0.717) is 30.6 Å². The highest BCUT2D eigenvalue weighted by molar-refractivity contribution is 5.54. The van der Waals surface area contributed by atoms with Crippen LogP contribution in [0.15, 0.2) is 12.1 Å². The molecular formula is C18H28N2O4. The molecule has 134 valence electrons. The molecule has 1 aliphatic rings. The highest BCUT2D eigenvalue weighted by atomic mass is 16.5. The van der Waals surface area contributed by atoms with Crippen molar-refractivity contribution in [3.63, 3.8) is 0 Å². The number of carbonyl (C=O) groups excluding carboxylic acids is 1. The Morgan fingerprint density at radius 3 is 2.79 bits per heavy atom. The smallest absolute Gasteiger partial charge is 0.210 e. The van der Waals surface area contributed by atoms with Gasteiger partial charge in [0.1, 0.15) is 12.7 Å². The van der Waals surface area contributed by atoms with Crippen LogP contribution in [0.4, 0.5) is 0 Å². The first-order chi connectivity index (χ1) is 11.5. The molecule has 2 atom stereocenters. The number of nitrogens with one attached hydrogen (secondary N) is 1. The van der Waals surface area contributed by atoms with E-state index in [1.54, 1.807) is 12.0 Å². The fourth-order valence-corrected chi connectivity index (χ4v) is 2.88. The minimum absolute atomic E-state index is 0.0232. The van der Waals surface area contributed by atoms with Crippen molar-refractivity contribution in [3.8, 4) is 11.5 Å². The largest absolute Gasteiger partial charge is 0.493 e. The molecule has 6 heteroatoms. The summed E-state index contributed by atoms with van der Waals surface area (Å²) < 4.78 is 11.2. The molecule has 0 bridgehead atoms. The monoisotopic (exact) mass is 336 g/mol. The second kappa shape index (κ2) is 8.35. The van der Waals surface area contributed by atoms with Crippen LogP contribution in [0.25, 0.3) is 0 Å². The van der Waals surface area contributed by atoms with Gasteiger partial charge in [-0.15, -0.1) is 0 Å². The molecule has 1 heterocycles. The van der Waals surface area contributed by atoms with Crippen molar-refractivity contribution in [1.82, 2.24) is 10.2 Å². The molecule has 2 rings (SSSR count). The van der Waals surface area contributed by atoms with Crippen LogP contribution in [-0.4, -0.2) is 55.4 Å². The second-order valence-electron chi connectivity index (χ2n) is 6.50. The number of aliphatic hydroxyl groups excluding tert-OH is 1. The first-order valence-corrected chi connectivity index (χ1v) is 8.42. The van der Waals surface area contributed by atoms with E-state index in [1.807, 2.05) is 32.9 Å². The van der Waals surface area contributed by atoms with Crippen molar-refractivity contribution in [2.75, 3.05) is 26.8 Å². The van der Waals surface area contributed by atoms with Crippen molar-refractivity contribution in [2.24, 2.45) is 0 Å². The highest BCUT2D eigenvalue weighted by Gasteiger charge is 2.25. The Balaban J connectivity index is 2.10. The molecule has 6 nitrogen and oxygen atoms in total. The number of nitrogens with zero attached hydrogens (tertiary/aromatic N) is 1. The Morgan fingerprint density at radius 1 is 1.42 bits per heavy atom. The summed E-state index contributed by atoms with van der Waals surface area (Å²) in [7, 11) is 1.59. The zero-order valence-electron chi connectivity index (χ0n) is 14.9. The van der Waals surface area contributed by atoms with Gasteiger partial charge in [0.15, 0.2) is 11.5 Å². The van der Waals surface area contributed by atoms with Gasteiger partial charge in [-0.1, -0.05) is 13.8 Å². The number of benzene rings is 1. The van der Waals surface area contributed by atoms with Crippen molar-refractivity contribution < 1.29 is 19.4 Å². The molecule has 0 saturated heterocycles. The van der Waals surface area contributed by atoms with Gasteiger partial charge in [0.25, 0.3) is 0 Å². The Labute approximate surface area is 143 Å². The van der Waals surface area contributed by atoms with Gasteiger partial charge in [-0.25, -0.2) is 0 Å². The molecule has 1 amide bonds. The van der Waals surface area contributed by atoms with Gasteiger partial charge in [-0.3, -0.25) is 4.79 Å². The number of aliphatic hydroxyl groups is 1. The quantitative estimate of drug-likeness (QED) is 0.704. The summed E-state index contributed by atoms with van der Waals surface area (Å²) in [4.78, 5) is 12.9. The first-order valence-electron chi connectivity index (χ1n) is 8.42. The first kappa shape index (κ1) is 18.5. The molecule has 0 aliphatic carbocycles. The van der Waals surface area contributed by atoms with Crippen LogP contribution in [0.2, 0.25) is 0 Å². The zero-order chi connectivity index (χ0) is 17.7. The van der Waals surface area contributed by atoms with Crippen LogP contribution in [0.3, 0.4) is 0 Å². The number of hydrogen-bond donors (Lipinski definition) is 2. The van der Waals surface area contributed by atoms with Gasteiger partial charge in [0, 0.05) is 19.1 Å². The van der Waals surface area contributed by atoms with Gasteiger partial charge >= 0.3 is 0 Å². The third-order valence-corrected chi connectivity index (χ3v) is 4.34. The summed E-state index contributed by atoms with van der Waals surface area (Å²) >= 11 is 0. The van der Waals surface area contributed by atoms with Crippen LogP contribution in [0.5, 0.6) is 11.5 Å². The van der Waals surface area contributed by atoms with E-state index in [-0.39, 0.29) is 12.6 Å². The van der Waals surface area contributed by atoms with Crippen molar-refractivity contribution in [2.45, 2.75) is 45.4 Å². The molecule has 24 heavy (non-hydrogen) atoms. The molecule has 1 aromatic rings. The van der Waals surface area contributed by atoms with E-state index >= 15 is 0 Å². The van der Waals surface area contributed by atoms with Crippen LogP contribution in [-0.2, 0) is 11.2 Å². The third-order valence-electron chi connectivity index (χ3n) is 4.34. The van der Waals surface area contributed by atoms with E-state index in [1.165, 1.54) is 0 Å². The van der Waals surface area contributed by atoms with Crippen molar-refractivity contribution in [1.29, 1.82) is 0 Å². The lowest BCUT2D eigenvalue weighted by Crippen LogP contribution is -2.35. The maximum Gasteiger partial charge on any atom is 0.210 e. The maximum absolute atomic E-state index is 11.1. The Morgan fingerprint density at radius 2 is 2.17 bits per heavy atom. The fraction of sp³-hybridized carbons (Fsp3) is 0.611. The van der Waals surface area contributed by atoms with Gasteiger partial charge in [-0.05, 0) is 36.6 Å². The predicted molar refractivity (Wildman–Crippen MR) is 92.5 cm³/mol. The number of amides is 1. The summed E-state index contributed by atoms with van der Waals surface area (Å²) in [6.45, 7) is 7.45. The molecule has 2 unspecified atom stereocenters. The van der Waals surface area contributed by atoms with Gasteiger partial charge in [-0.2, -0.15) is 0 Å². The maximum atomic E-state index is 11.1. The van der Waals surface area contributed by atoms with E-state index in [0.717, 1.165) is 24.0 Å². The highest BCUT2D eigenvalue weighted by Crippen LogP contribution is 2.37. The van der Waals surface area contributed by atoms with Crippen LogP contribution >= 0.6 is 0 Å². The lowest BCUT2D eigenvalue weighted by molar-refractivity contribution is -0.120. The molecule has 1 aromatic carbocycles. The molecule has 1 aliphatic heterocycles. The second-order valence-corrected chi connectivity index (χ2v) is 6.50. The fourth-order valence-electron chi connectivity index (χ4n) is 2.88. The third kappa shape index (κ3) is 4.39. The van der Waals surface area contributed by atoms with Crippen LogP contribution in [0.1, 0.15) is 37.9 Å². The Kier molecular flexibility index (Phi) is 6.45. The number of methoxy groups -OCH3 is 1. The molecule has 0 spiro atoms. The summed E-state index contributed by atoms with van der Waals surface area (Å²) in [5.41, 5.74) is 2.24. The van der Waals surface area contributed by atoms with E-state index in [2.05, 4.69) is 5.32 Å². The summed E-state index contributed by atoms with van der Waals surface area (Å²) in [6.07, 6.45) is 1.09. The molecule has 0 radical (unpaired) electrons. The average Bonchev–Trinajstić information content (AvgIpc) is 2.57. The molecule has 2 N–H and O–H groups in total. The minimum atomic E-state index is -0.586. The van der Waals surface area contributed by atoms with Crippen molar-refractivity contribution in [3.05, 3.63) is 23.3 Å². The van der Waals surface area contributed by atoms with Gasteiger partial charge in [0.2, 0.25) is 6.41 Å². The minimum Gasteiger partial charge on any atom is -0.493 e. The standard InChI is InChI=1S/C18H28N2O4/c1-12(2)19-9-15(22)10-24-18-7-14-5-6-20(11-21)13(3)16(14)8-17(18)23-4/h7-8,11-13,15,19,22H,5-6,9-10H2,1-4H3. The molecule has 0 aromatic heterocycles. The predicted octanol–water partition coefficient (Wildman–Crippen LogP) is 1.51. The number of rotatable bonds is 8. The van der Waals surface area contributed by atoms with Crippen LogP contribution in [0, 0.1) is 0 Å². The van der Waals surface area contributed by atoms with E-state index < -0.39 is 6.10 Å². The Hall–Kier alpha value is -1.79. The Bertz CT molecular complexity index is 562. The van der Waals surface area contributed by atoms with Gasteiger partial charge in [0.05, 0.1) is 13.2 Å².